The highest BCUT2D eigenvalue weighted by Gasteiger charge is 2.28. The largest absolute Gasteiger partial charge is 0.333 e. The third kappa shape index (κ3) is 2.10. The van der Waals surface area contributed by atoms with E-state index in [0.717, 1.165) is 18.6 Å². The van der Waals surface area contributed by atoms with Gasteiger partial charge < -0.3 is 10.2 Å². The fraction of sp³-hybridized carbons (Fsp3) is 0.429. The summed E-state index contributed by atoms with van der Waals surface area (Å²) in [5, 5.41) is 7.62. The Balaban J connectivity index is 1.95. The van der Waals surface area contributed by atoms with Crippen molar-refractivity contribution in [1.82, 2.24) is 19.8 Å². The predicted octanol–water partition coefficient (Wildman–Crippen LogP) is 1.16. The third-order valence-electron chi connectivity index (χ3n) is 3.68. The number of hydrogen-bond acceptors (Lipinski definition) is 3. The number of piperazine rings is 1. The van der Waals surface area contributed by atoms with E-state index in [0.29, 0.717) is 11.6 Å². The van der Waals surface area contributed by atoms with Crippen LogP contribution < -0.4 is 5.32 Å². The molecule has 2 atom stereocenters. The lowest BCUT2D eigenvalue weighted by Gasteiger charge is -2.37. The Hall–Kier alpha value is -1.88. The minimum absolute atomic E-state index is 0.0713. The zero-order valence-corrected chi connectivity index (χ0v) is 11.2. The lowest BCUT2D eigenvalue weighted by atomic mass is 10.1. The normalized spacial score (nSPS) is 23.8. The Kier molecular flexibility index (Phi) is 2.98. The first kappa shape index (κ1) is 12.2. The van der Waals surface area contributed by atoms with Gasteiger partial charge >= 0.3 is 0 Å². The zero-order valence-electron chi connectivity index (χ0n) is 11.2. The van der Waals surface area contributed by atoms with Gasteiger partial charge in [0.2, 0.25) is 0 Å². The van der Waals surface area contributed by atoms with Crippen LogP contribution in [0.25, 0.3) is 5.52 Å². The molecule has 2 unspecified atom stereocenters. The van der Waals surface area contributed by atoms with Crippen LogP contribution in [0.2, 0.25) is 0 Å². The van der Waals surface area contributed by atoms with Gasteiger partial charge in [-0.05, 0) is 26.0 Å². The van der Waals surface area contributed by atoms with Gasteiger partial charge in [-0.25, -0.2) is 4.52 Å². The van der Waals surface area contributed by atoms with Crippen LogP contribution in [-0.2, 0) is 0 Å². The van der Waals surface area contributed by atoms with Crippen LogP contribution in [0.15, 0.2) is 30.6 Å². The van der Waals surface area contributed by atoms with Gasteiger partial charge in [-0.2, -0.15) is 5.10 Å². The van der Waals surface area contributed by atoms with Crippen molar-refractivity contribution in [1.29, 1.82) is 0 Å². The van der Waals surface area contributed by atoms with Gasteiger partial charge in [-0.3, -0.25) is 4.79 Å². The highest BCUT2D eigenvalue weighted by Crippen LogP contribution is 2.16. The average Bonchev–Trinajstić information content (AvgIpc) is 2.84. The molecule has 3 heterocycles. The molecule has 100 valence electrons. The number of hydrogen-bond donors (Lipinski definition) is 1. The van der Waals surface area contributed by atoms with E-state index in [1.54, 1.807) is 10.7 Å². The molecule has 2 aromatic rings. The van der Waals surface area contributed by atoms with E-state index in [4.69, 9.17) is 0 Å². The molecule has 0 radical (unpaired) electrons. The van der Waals surface area contributed by atoms with E-state index in [1.807, 2.05) is 29.3 Å². The molecular formula is C14H18N4O. The number of carbonyl (C=O) groups excluding carboxylic acids is 1. The second-order valence-electron chi connectivity index (χ2n) is 5.20. The summed E-state index contributed by atoms with van der Waals surface area (Å²) in [6.45, 7) is 5.75. The van der Waals surface area contributed by atoms with Crippen molar-refractivity contribution in [2.24, 2.45) is 0 Å². The molecule has 1 aliphatic heterocycles. The molecule has 5 nitrogen and oxygen atoms in total. The number of nitrogens with zero attached hydrogens (tertiary/aromatic N) is 3. The van der Waals surface area contributed by atoms with Crippen molar-refractivity contribution in [3.05, 3.63) is 36.2 Å². The molecule has 1 amide bonds. The van der Waals surface area contributed by atoms with Crippen LogP contribution in [0.3, 0.4) is 0 Å². The zero-order chi connectivity index (χ0) is 13.4. The summed E-state index contributed by atoms with van der Waals surface area (Å²) in [5.41, 5.74) is 1.55. The highest BCUT2D eigenvalue weighted by atomic mass is 16.2. The fourth-order valence-corrected chi connectivity index (χ4v) is 2.56. The molecule has 0 bridgehead atoms. The molecule has 0 saturated carbocycles. The SMILES string of the molecule is CC1CN(C(=O)c2cnn3ccccc23)C(C)CN1. The summed E-state index contributed by atoms with van der Waals surface area (Å²) >= 11 is 0. The van der Waals surface area contributed by atoms with E-state index in [9.17, 15) is 4.79 Å². The maximum atomic E-state index is 12.7. The van der Waals surface area contributed by atoms with Crippen LogP contribution in [0, 0.1) is 0 Å². The molecule has 0 aliphatic carbocycles. The van der Waals surface area contributed by atoms with Gasteiger partial charge in [0, 0.05) is 31.4 Å². The van der Waals surface area contributed by atoms with E-state index in [1.165, 1.54) is 0 Å². The summed E-state index contributed by atoms with van der Waals surface area (Å²) in [6, 6.07) is 6.31. The Labute approximate surface area is 112 Å². The molecule has 1 aliphatic rings. The molecule has 19 heavy (non-hydrogen) atoms. The second-order valence-corrected chi connectivity index (χ2v) is 5.20. The first-order chi connectivity index (χ1) is 9.16. The molecule has 5 heteroatoms. The van der Waals surface area contributed by atoms with Crippen molar-refractivity contribution in [2.45, 2.75) is 25.9 Å². The standard InChI is InChI=1S/C14H18N4O/c1-10-9-17(11(2)7-15-10)14(19)12-8-16-18-6-4-3-5-13(12)18/h3-6,8,10-11,15H,7,9H2,1-2H3. The lowest BCUT2D eigenvalue weighted by molar-refractivity contribution is 0.0618. The molecule has 3 rings (SSSR count). The molecule has 0 aromatic carbocycles. The topological polar surface area (TPSA) is 49.6 Å². The number of aromatic nitrogens is 2. The lowest BCUT2D eigenvalue weighted by Crippen LogP contribution is -2.56. The number of carbonyl (C=O) groups is 1. The van der Waals surface area contributed by atoms with Crippen molar-refractivity contribution >= 4 is 11.4 Å². The quantitative estimate of drug-likeness (QED) is 0.835. The molecule has 1 saturated heterocycles. The Bertz CT molecular complexity index is 606. The fourth-order valence-electron chi connectivity index (χ4n) is 2.56. The number of amides is 1. The van der Waals surface area contributed by atoms with E-state index in [-0.39, 0.29) is 11.9 Å². The Morgan fingerprint density at radius 3 is 3.11 bits per heavy atom. The Morgan fingerprint density at radius 1 is 1.42 bits per heavy atom. The third-order valence-corrected chi connectivity index (χ3v) is 3.68. The molecule has 1 fully saturated rings. The van der Waals surface area contributed by atoms with Crippen molar-refractivity contribution in [3.63, 3.8) is 0 Å². The van der Waals surface area contributed by atoms with Gasteiger partial charge in [0.05, 0.1) is 17.3 Å². The number of pyridine rings is 1. The first-order valence-electron chi connectivity index (χ1n) is 6.63. The maximum absolute atomic E-state index is 12.7. The summed E-state index contributed by atoms with van der Waals surface area (Å²) in [5.74, 6) is 0.0713. The number of fused-ring (bicyclic) bond motifs is 1. The molecular weight excluding hydrogens is 240 g/mol. The number of nitrogens with one attached hydrogen (secondary N) is 1. The summed E-state index contributed by atoms with van der Waals surface area (Å²) in [4.78, 5) is 14.6. The first-order valence-corrected chi connectivity index (χ1v) is 6.63. The summed E-state index contributed by atoms with van der Waals surface area (Å²) < 4.78 is 1.74. The van der Waals surface area contributed by atoms with Crippen LogP contribution in [0.4, 0.5) is 0 Å². The molecule has 1 N–H and O–H groups in total. The summed E-state index contributed by atoms with van der Waals surface area (Å²) in [7, 11) is 0. The molecule has 0 spiro atoms. The molecule has 2 aromatic heterocycles. The Morgan fingerprint density at radius 2 is 2.26 bits per heavy atom. The van der Waals surface area contributed by atoms with Gasteiger partial charge in [0.25, 0.3) is 5.91 Å². The van der Waals surface area contributed by atoms with Crippen molar-refractivity contribution < 1.29 is 4.79 Å². The minimum atomic E-state index is 0.0713. The van der Waals surface area contributed by atoms with Crippen LogP contribution in [0.5, 0.6) is 0 Å². The van der Waals surface area contributed by atoms with Gasteiger partial charge in [0.1, 0.15) is 0 Å². The van der Waals surface area contributed by atoms with Crippen LogP contribution >= 0.6 is 0 Å². The summed E-state index contributed by atoms with van der Waals surface area (Å²) in [6.07, 6.45) is 3.52. The smallest absolute Gasteiger partial charge is 0.258 e. The van der Waals surface area contributed by atoms with Crippen LogP contribution in [-0.4, -0.2) is 45.6 Å². The van der Waals surface area contributed by atoms with Crippen LogP contribution in [0.1, 0.15) is 24.2 Å². The monoisotopic (exact) mass is 258 g/mol. The number of rotatable bonds is 1. The minimum Gasteiger partial charge on any atom is -0.333 e. The van der Waals surface area contributed by atoms with Gasteiger partial charge in [-0.1, -0.05) is 6.07 Å². The van der Waals surface area contributed by atoms with E-state index >= 15 is 0 Å². The van der Waals surface area contributed by atoms with E-state index in [2.05, 4.69) is 24.3 Å². The predicted molar refractivity (Wildman–Crippen MR) is 73.2 cm³/mol. The van der Waals surface area contributed by atoms with Gasteiger partial charge in [-0.15, -0.1) is 0 Å². The van der Waals surface area contributed by atoms with Crippen molar-refractivity contribution in [3.8, 4) is 0 Å². The highest BCUT2D eigenvalue weighted by molar-refractivity contribution is 6.00. The van der Waals surface area contributed by atoms with E-state index < -0.39 is 0 Å². The maximum Gasteiger partial charge on any atom is 0.258 e. The van der Waals surface area contributed by atoms with Crippen molar-refractivity contribution in [2.75, 3.05) is 13.1 Å². The second kappa shape index (κ2) is 4.66. The van der Waals surface area contributed by atoms with Gasteiger partial charge in [0.15, 0.2) is 0 Å². The average molecular weight is 258 g/mol.